The van der Waals surface area contributed by atoms with E-state index in [4.69, 9.17) is 12.2 Å². The van der Waals surface area contributed by atoms with E-state index in [9.17, 15) is 5.11 Å². The lowest BCUT2D eigenvalue weighted by atomic mass is 9.92. The third kappa shape index (κ3) is 1.70. The second kappa shape index (κ2) is 2.86. The Labute approximate surface area is 56.1 Å². The molecule has 0 aromatic rings. The molecule has 0 heterocycles. The van der Waals surface area contributed by atoms with E-state index in [2.05, 4.69) is 5.92 Å². The minimum Gasteiger partial charge on any atom is -0.376 e. The summed E-state index contributed by atoms with van der Waals surface area (Å²) in [6.07, 6.45) is 5.04. The van der Waals surface area contributed by atoms with Crippen molar-refractivity contribution in [2.24, 2.45) is 11.7 Å². The Morgan fingerprint density at radius 2 is 2.22 bits per heavy atom. The average molecular weight is 127 g/mol. The molecule has 0 saturated heterocycles. The van der Waals surface area contributed by atoms with E-state index in [0.29, 0.717) is 0 Å². The van der Waals surface area contributed by atoms with Gasteiger partial charge in [0.2, 0.25) is 0 Å². The molecule has 0 bridgehead atoms. The van der Waals surface area contributed by atoms with Crippen molar-refractivity contribution in [1.82, 2.24) is 0 Å². The van der Waals surface area contributed by atoms with E-state index in [1.54, 1.807) is 0 Å². The molecule has 0 radical (unpaired) electrons. The third-order valence-electron chi connectivity index (χ3n) is 1.52. The number of aliphatic hydroxyl groups is 1. The molecule has 0 amide bonds. The molecule has 3 N–H and O–H groups in total. The van der Waals surface area contributed by atoms with Crippen LogP contribution in [0.4, 0.5) is 0 Å². The smallest absolute Gasteiger partial charge is 0.139 e. The first kappa shape index (κ1) is 8.48. The zero-order chi connectivity index (χ0) is 7.49. The van der Waals surface area contributed by atoms with Gasteiger partial charge in [0.1, 0.15) is 5.60 Å². The van der Waals surface area contributed by atoms with E-state index in [-0.39, 0.29) is 12.5 Å². The van der Waals surface area contributed by atoms with Crippen LogP contribution < -0.4 is 5.73 Å². The van der Waals surface area contributed by atoms with Gasteiger partial charge in [0, 0.05) is 6.54 Å². The Kier molecular flexibility index (Phi) is 2.69. The number of nitrogens with two attached hydrogens (primary N) is 1. The normalized spacial score (nSPS) is 16.9. The molecule has 52 valence electrons. The standard InChI is InChI=1S/C7H13NO/c1-4-7(9,5-8)6(2)3/h1,6,9H,5,8H2,2-3H3. The molecule has 0 rings (SSSR count). The lowest BCUT2D eigenvalue weighted by Crippen LogP contribution is -2.41. The van der Waals surface area contributed by atoms with Crippen LogP contribution in [0.2, 0.25) is 0 Å². The van der Waals surface area contributed by atoms with Gasteiger partial charge in [-0.1, -0.05) is 19.8 Å². The first-order valence-electron chi connectivity index (χ1n) is 2.97. The maximum Gasteiger partial charge on any atom is 0.139 e. The Balaban J connectivity index is 4.14. The van der Waals surface area contributed by atoms with Gasteiger partial charge in [-0.3, -0.25) is 0 Å². The summed E-state index contributed by atoms with van der Waals surface area (Å²) < 4.78 is 0. The van der Waals surface area contributed by atoms with Crippen LogP contribution in [0.25, 0.3) is 0 Å². The van der Waals surface area contributed by atoms with E-state index in [1.807, 2.05) is 13.8 Å². The van der Waals surface area contributed by atoms with Crippen molar-refractivity contribution in [3.63, 3.8) is 0 Å². The van der Waals surface area contributed by atoms with E-state index >= 15 is 0 Å². The van der Waals surface area contributed by atoms with Crippen LogP contribution in [0.5, 0.6) is 0 Å². The van der Waals surface area contributed by atoms with Gasteiger partial charge in [0.15, 0.2) is 0 Å². The van der Waals surface area contributed by atoms with Crippen molar-refractivity contribution in [3.8, 4) is 12.3 Å². The van der Waals surface area contributed by atoms with Gasteiger partial charge >= 0.3 is 0 Å². The van der Waals surface area contributed by atoms with Crippen molar-refractivity contribution in [2.45, 2.75) is 19.4 Å². The summed E-state index contributed by atoms with van der Waals surface area (Å²) in [7, 11) is 0. The van der Waals surface area contributed by atoms with Gasteiger partial charge in [0.05, 0.1) is 0 Å². The Bertz CT molecular complexity index is 125. The summed E-state index contributed by atoms with van der Waals surface area (Å²) in [5.74, 6) is 2.28. The summed E-state index contributed by atoms with van der Waals surface area (Å²) in [6, 6.07) is 0. The fourth-order valence-corrected chi connectivity index (χ4v) is 0.461. The highest BCUT2D eigenvalue weighted by Crippen LogP contribution is 2.12. The maximum absolute atomic E-state index is 9.34. The van der Waals surface area contributed by atoms with Crippen LogP contribution in [-0.2, 0) is 0 Å². The summed E-state index contributed by atoms with van der Waals surface area (Å²) in [5, 5.41) is 9.34. The Morgan fingerprint density at radius 1 is 1.78 bits per heavy atom. The quantitative estimate of drug-likeness (QED) is 0.511. The highest BCUT2D eigenvalue weighted by Gasteiger charge is 2.25. The molecule has 0 spiro atoms. The predicted molar refractivity (Wildman–Crippen MR) is 37.7 cm³/mol. The SMILES string of the molecule is C#CC(O)(CN)C(C)C. The van der Waals surface area contributed by atoms with Crippen LogP contribution >= 0.6 is 0 Å². The lowest BCUT2D eigenvalue weighted by molar-refractivity contribution is 0.0622. The molecule has 0 saturated carbocycles. The molecule has 1 unspecified atom stereocenters. The van der Waals surface area contributed by atoms with Crippen LogP contribution in [0.3, 0.4) is 0 Å². The van der Waals surface area contributed by atoms with E-state index in [1.165, 1.54) is 0 Å². The molecule has 0 aliphatic carbocycles. The lowest BCUT2D eigenvalue weighted by Gasteiger charge is -2.23. The average Bonchev–Trinajstić information content (AvgIpc) is 1.86. The van der Waals surface area contributed by atoms with Gasteiger partial charge in [0.25, 0.3) is 0 Å². The first-order valence-corrected chi connectivity index (χ1v) is 2.97. The molecule has 2 nitrogen and oxygen atoms in total. The maximum atomic E-state index is 9.34. The molecule has 0 aromatic heterocycles. The second-order valence-electron chi connectivity index (χ2n) is 2.43. The monoisotopic (exact) mass is 127 g/mol. The second-order valence-corrected chi connectivity index (χ2v) is 2.43. The summed E-state index contributed by atoms with van der Waals surface area (Å²) in [6.45, 7) is 3.81. The minimum absolute atomic E-state index is 0.0208. The molecule has 9 heavy (non-hydrogen) atoms. The molecular weight excluding hydrogens is 114 g/mol. The molecule has 1 atom stereocenters. The van der Waals surface area contributed by atoms with Crippen molar-refractivity contribution in [3.05, 3.63) is 0 Å². The van der Waals surface area contributed by atoms with Gasteiger partial charge in [-0.25, -0.2) is 0 Å². The highest BCUT2D eigenvalue weighted by molar-refractivity contribution is 5.09. The van der Waals surface area contributed by atoms with E-state index < -0.39 is 5.60 Å². The summed E-state index contributed by atoms with van der Waals surface area (Å²) in [4.78, 5) is 0. The third-order valence-corrected chi connectivity index (χ3v) is 1.52. The fraction of sp³-hybridized carbons (Fsp3) is 0.714. The number of terminal acetylenes is 1. The highest BCUT2D eigenvalue weighted by atomic mass is 16.3. The number of hydrogen-bond donors (Lipinski definition) is 2. The van der Waals surface area contributed by atoms with Crippen molar-refractivity contribution in [2.75, 3.05) is 6.54 Å². The topological polar surface area (TPSA) is 46.2 Å². The van der Waals surface area contributed by atoms with Crippen LogP contribution in [0.15, 0.2) is 0 Å². The van der Waals surface area contributed by atoms with Crippen molar-refractivity contribution in [1.29, 1.82) is 0 Å². The molecule has 0 aliphatic rings. The van der Waals surface area contributed by atoms with Crippen molar-refractivity contribution < 1.29 is 5.11 Å². The number of rotatable bonds is 2. The van der Waals surface area contributed by atoms with Crippen LogP contribution in [0.1, 0.15) is 13.8 Å². The zero-order valence-electron chi connectivity index (χ0n) is 5.89. The zero-order valence-corrected chi connectivity index (χ0v) is 5.89. The predicted octanol–water partition coefficient (Wildman–Crippen LogP) is -0.0346. The largest absolute Gasteiger partial charge is 0.376 e. The molecular formula is C7H13NO. The van der Waals surface area contributed by atoms with Crippen LogP contribution in [-0.4, -0.2) is 17.3 Å². The Hall–Kier alpha value is -0.520. The van der Waals surface area contributed by atoms with Gasteiger partial charge < -0.3 is 10.8 Å². The minimum atomic E-state index is -1.11. The molecule has 2 heteroatoms. The van der Waals surface area contributed by atoms with Gasteiger partial charge in [-0.15, -0.1) is 6.42 Å². The fourth-order valence-electron chi connectivity index (χ4n) is 0.461. The number of hydrogen-bond acceptors (Lipinski definition) is 2. The summed E-state index contributed by atoms with van der Waals surface area (Å²) in [5.41, 5.74) is 4.11. The van der Waals surface area contributed by atoms with Crippen LogP contribution in [0, 0.1) is 18.3 Å². The van der Waals surface area contributed by atoms with Gasteiger partial charge in [-0.2, -0.15) is 0 Å². The van der Waals surface area contributed by atoms with Gasteiger partial charge in [-0.05, 0) is 5.92 Å². The molecule has 0 fully saturated rings. The van der Waals surface area contributed by atoms with E-state index in [0.717, 1.165) is 0 Å². The molecule has 0 aliphatic heterocycles. The Morgan fingerprint density at radius 3 is 2.22 bits per heavy atom. The summed E-state index contributed by atoms with van der Waals surface area (Å²) >= 11 is 0. The van der Waals surface area contributed by atoms with Crippen molar-refractivity contribution >= 4 is 0 Å². The molecule has 0 aromatic carbocycles. The first-order chi connectivity index (χ1) is 4.06.